The number of hydrogen-bond acceptors (Lipinski definition) is 1. The monoisotopic (exact) mass is 171 g/mol. The van der Waals surface area contributed by atoms with E-state index in [1.165, 1.54) is 19.3 Å². The van der Waals surface area contributed by atoms with E-state index in [1.807, 2.05) is 0 Å². The summed E-state index contributed by atoms with van der Waals surface area (Å²) in [5.74, 6) is 0.812. The highest BCUT2D eigenvalue weighted by Gasteiger charge is 2.11. The van der Waals surface area contributed by atoms with Crippen LogP contribution in [0.3, 0.4) is 0 Å². The van der Waals surface area contributed by atoms with E-state index < -0.39 is 0 Å². The topological polar surface area (TPSA) is 12.0 Å². The molecule has 0 aromatic rings. The van der Waals surface area contributed by atoms with Crippen LogP contribution in [0.5, 0.6) is 0 Å². The molecule has 0 rings (SSSR count). The van der Waals surface area contributed by atoms with Crippen molar-refractivity contribution in [1.29, 1.82) is 0 Å². The molecule has 0 radical (unpaired) electrons. The first-order valence-electron chi connectivity index (χ1n) is 5.34. The van der Waals surface area contributed by atoms with E-state index in [0.717, 1.165) is 5.92 Å². The molecule has 1 N–H and O–H groups in total. The molecule has 0 aliphatic carbocycles. The van der Waals surface area contributed by atoms with Gasteiger partial charge in [-0.2, -0.15) is 0 Å². The van der Waals surface area contributed by atoms with Gasteiger partial charge in [0.05, 0.1) is 0 Å². The minimum absolute atomic E-state index is 0.615. The Morgan fingerprint density at radius 1 is 1.08 bits per heavy atom. The number of nitrogens with one attached hydrogen (secondary N) is 1. The fraction of sp³-hybridized carbons (Fsp3) is 1.00. The van der Waals surface area contributed by atoms with Crippen LogP contribution in [0.25, 0.3) is 0 Å². The molecule has 0 aromatic carbocycles. The van der Waals surface area contributed by atoms with Crippen LogP contribution in [-0.4, -0.2) is 12.1 Å². The first-order valence-corrected chi connectivity index (χ1v) is 5.34. The van der Waals surface area contributed by atoms with Gasteiger partial charge in [0.15, 0.2) is 0 Å². The largest absolute Gasteiger partial charge is 0.312 e. The summed E-state index contributed by atoms with van der Waals surface area (Å²) in [6, 6.07) is 1.28. The Morgan fingerprint density at radius 3 is 2.08 bits per heavy atom. The van der Waals surface area contributed by atoms with Crippen LogP contribution in [0.2, 0.25) is 0 Å². The van der Waals surface area contributed by atoms with Crippen LogP contribution >= 0.6 is 0 Å². The van der Waals surface area contributed by atoms with Crippen molar-refractivity contribution in [3.8, 4) is 0 Å². The maximum Gasteiger partial charge on any atom is 0.00667 e. The summed E-state index contributed by atoms with van der Waals surface area (Å²) in [5.41, 5.74) is 0. The third-order valence-electron chi connectivity index (χ3n) is 2.46. The van der Waals surface area contributed by atoms with Crippen LogP contribution in [0.4, 0.5) is 0 Å². The smallest absolute Gasteiger partial charge is 0.00667 e. The van der Waals surface area contributed by atoms with E-state index in [4.69, 9.17) is 0 Å². The van der Waals surface area contributed by atoms with Crippen molar-refractivity contribution in [2.24, 2.45) is 5.92 Å². The van der Waals surface area contributed by atoms with Gasteiger partial charge in [0, 0.05) is 12.1 Å². The predicted octanol–water partition coefficient (Wildman–Crippen LogP) is 3.20. The SMILES string of the molecule is CCCCC(C)C(C)NC(C)C. The van der Waals surface area contributed by atoms with Gasteiger partial charge in [0.25, 0.3) is 0 Å². The molecule has 12 heavy (non-hydrogen) atoms. The van der Waals surface area contributed by atoms with Crippen LogP contribution in [0, 0.1) is 5.92 Å². The molecule has 0 heterocycles. The second-order valence-corrected chi connectivity index (χ2v) is 4.23. The molecule has 1 nitrogen and oxygen atoms in total. The average Bonchev–Trinajstić information content (AvgIpc) is 1.98. The van der Waals surface area contributed by atoms with Gasteiger partial charge in [-0.05, 0) is 19.3 Å². The Morgan fingerprint density at radius 2 is 1.67 bits per heavy atom. The lowest BCUT2D eigenvalue weighted by molar-refractivity contribution is 0.349. The lowest BCUT2D eigenvalue weighted by atomic mass is 9.97. The highest BCUT2D eigenvalue weighted by molar-refractivity contribution is 4.70. The standard InChI is InChI=1S/C11H25N/c1-6-7-8-10(4)11(5)12-9(2)3/h9-12H,6-8H2,1-5H3. The van der Waals surface area contributed by atoms with Crippen LogP contribution in [-0.2, 0) is 0 Å². The summed E-state index contributed by atoms with van der Waals surface area (Å²) < 4.78 is 0. The fourth-order valence-electron chi connectivity index (χ4n) is 1.47. The zero-order valence-electron chi connectivity index (χ0n) is 9.35. The lowest BCUT2D eigenvalue weighted by Gasteiger charge is -2.23. The normalized spacial score (nSPS) is 16.5. The van der Waals surface area contributed by atoms with Gasteiger partial charge in [-0.3, -0.25) is 0 Å². The van der Waals surface area contributed by atoms with Crippen molar-refractivity contribution in [3.63, 3.8) is 0 Å². The number of rotatable bonds is 6. The number of unbranched alkanes of at least 4 members (excludes halogenated alkanes) is 1. The Balaban J connectivity index is 3.53. The molecular weight excluding hydrogens is 146 g/mol. The summed E-state index contributed by atoms with van der Waals surface area (Å²) in [7, 11) is 0. The fourth-order valence-corrected chi connectivity index (χ4v) is 1.47. The van der Waals surface area contributed by atoms with Crippen molar-refractivity contribution in [3.05, 3.63) is 0 Å². The van der Waals surface area contributed by atoms with Gasteiger partial charge in [-0.1, -0.05) is 40.5 Å². The van der Waals surface area contributed by atoms with Crippen molar-refractivity contribution in [2.45, 2.75) is 66.0 Å². The van der Waals surface area contributed by atoms with E-state index in [2.05, 4.69) is 39.9 Å². The van der Waals surface area contributed by atoms with E-state index >= 15 is 0 Å². The molecule has 0 aliphatic rings. The van der Waals surface area contributed by atoms with Gasteiger partial charge in [0.2, 0.25) is 0 Å². The van der Waals surface area contributed by atoms with Crippen molar-refractivity contribution in [1.82, 2.24) is 5.32 Å². The first-order chi connectivity index (χ1) is 5.57. The zero-order valence-corrected chi connectivity index (χ0v) is 9.35. The molecule has 0 spiro atoms. The Hall–Kier alpha value is -0.0400. The maximum absolute atomic E-state index is 3.55. The molecule has 74 valence electrons. The summed E-state index contributed by atoms with van der Waals surface area (Å²) in [6.07, 6.45) is 4.04. The second kappa shape index (κ2) is 6.47. The molecule has 0 saturated carbocycles. The minimum atomic E-state index is 0.615. The second-order valence-electron chi connectivity index (χ2n) is 4.23. The summed E-state index contributed by atoms with van der Waals surface area (Å²) in [5, 5.41) is 3.55. The molecule has 1 heteroatoms. The number of hydrogen-bond donors (Lipinski definition) is 1. The summed E-state index contributed by atoms with van der Waals surface area (Å²) >= 11 is 0. The van der Waals surface area contributed by atoms with Gasteiger partial charge in [-0.25, -0.2) is 0 Å². The molecule has 0 fully saturated rings. The van der Waals surface area contributed by atoms with E-state index in [1.54, 1.807) is 0 Å². The average molecular weight is 171 g/mol. The first kappa shape index (κ1) is 12.0. The highest BCUT2D eigenvalue weighted by atomic mass is 14.9. The van der Waals surface area contributed by atoms with Crippen molar-refractivity contribution < 1.29 is 0 Å². The molecular formula is C11H25N. The summed E-state index contributed by atoms with van der Waals surface area (Å²) in [6.45, 7) is 11.3. The van der Waals surface area contributed by atoms with Crippen LogP contribution in [0.15, 0.2) is 0 Å². The van der Waals surface area contributed by atoms with E-state index in [-0.39, 0.29) is 0 Å². The Kier molecular flexibility index (Phi) is 6.45. The maximum atomic E-state index is 3.55. The van der Waals surface area contributed by atoms with Gasteiger partial charge < -0.3 is 5.32 Å². The van der Waals surface area contributed by atoms with Crippen LogP contribution < -0.4 is 5.32 Å². The third kappa shape index (κ3) is 5.59. The van der Waals surface area contributed by atoms with E-state index in [9.17, 15) is 0 Å². The lowest BCUT2D eigenvalue weighted by Crippen LogP contribution is -2.36. The van der Waals surface area contributed by atoms with Gasteiger partial charge in [0.1, 0.15) is 0 Å². The van der Waals surface area contributed by atoms with Crippen molar-refractivity contribution in [2.75, 3.05) is 0 Å². The predicted molar refractivity (Wildman–Crippen MR) is 56.4 cm³/mol. The molecule has 0 saturated heterocycles. The van der Waals surface area contributed by atoms with Gasteiger partial charge >= 0.3 is 0 Å². The van der Waals surface area contributed by atoms with Crippen LogP contribution in [0.1, 0.15) is 53.9 Å². The quantitative estimate of drug-likeness (QED) is 0.647. The zero-order chi connectivity index (χ0) is 9.56. The molecule has 2 atom stereocenters. The van der Waals surface area contributed by atoms with E-state index in [0.29, 0.717) is 12.1 Å². The minimum Gasteiger partial charge on any atom is -0.312 e. The molecule has 0 aromatic heterocycles. The Bertz CT molecular complexity index is 99.2. The highest BCUT2D eigenvalue weighted by Crippen LogP contribution is 2.12. The van der Waals surface area contributed by atoms with Gasteiger partial charge in [-0.15, -0.1) is 0 Å². The molecule has 0 bridgehead atoms. The molecule has 0 amide bonds. The Labute approximate surface area is 77.9 Å². The molecule has 0 aliphatic heterocycles. The third-order valence-corrected chi connectivity index (χ3v) is 2.46. The summed E-state index contributed by atoms with van der Waals surface area (Å²) in [4.78, 5) is 0. The van der Waals surface area contributed by atoms with Crippen molar-refractivity contribution >= 4 is 0 Å². The molecule has 2 unspecified atom stereocenters.